The number of fused-ring (bicyclic) bond motifs is 1. The molecule has 2 aliphatic rings. The molecule has 10 heteroatoms. The second kappa shape index (κ2) is 10.8. The molecule has 4 rings (SSSR count). The third kappa shape index (κ3) is 6.30. The van der Waals surface area contributed by atoms with E-state index in [-0.39, 0.29) is 29.4 Å². The van der Waals surface area contributed by atoms with Crippen LogP contribution in [0.15, 0.2) is 40.9 Å². The minimum Gasteiger partial charge on any atom is -0.420 e. The van der Waals surface area contributed by atoms with Gasteiger partial charge in [-0.25, -0.2) is 0 Å². The highest BCUT2D eigenvalue weighted by atomic mass is 79.9. The molecule has 1 N–H and O–H groups in total. The Bertz CT molecular complexity index is 1090. The van der Waals surface area contributed by atoms with Crippen molar-refractivity contribution in [3.8, 4) is 5.75 Å². The molecule has 2 atom stereocenters. The molecule has 2 heterocycles. The first-order chi connectivity index (χ1) is 16.9. The highest BCUT2D eigenvalue weighted by molar-refractivity contribution is 9.10. The molecule has 2 aromatic carbocycles. The Kier molecular flexibility index (Phi) is 8.14. The Labute approximate surface area is 223 Å². The zero-order chi connectivity index (χ0) is 26.1. The van der Waals surface area contributed by atoms with E-state index in [1.807, 2.05) is 6.07 Å². The molecule has 2 unspecified atom stereocenters. The average Bonchev–Trinajstić information content (AvgIpc) is 3.12. The van der Waals surface area contributed by atoms with Gasteiger partial charge in [0, 0.05) is 51.9 Å². The summed E-state index contributed by atoms with van der Waals surface area (Å²) in [5.41, 5.74) is -1.15. The number of anilines is 2. The standard InChI is InChI=1S/C26H30BrClF2N2O4/c1-16(2)32-14-25(3,15-35-22-6-4-5-11-34-22)20-12-17(13-21(27)23(20)32)24(33)31-18-7-9-19(10-8-18)36-26(28,29)30/h7-10,12-13,16,22H,4-6,11,14-15H2,1-3H3,(H,31,33). The van der Waals surface area contributed by atoms with Crippen molar-refractivity contribution in [3.63, 3.8) is 0 Å². The molecule has 6 nitrogen and oxygen atoms in total. The lowest BCUT2D eigenvalue weighted by atomic mass is 9.84. The van der Waals surface area contributed by atoms with Crippen molar-refractivity contribution in [2.24, 2.45) is 0 Å². The van der Waals surface area contributed by atoms with Crippen LogP contribution in [0.1, 0.15) is 56.0 Å². The van der Waals surface area contributed by atoms with E-state index in [1.54, 1.807) is 6.07 Å². The minimum absolute atomic E-state index is 0.111. The number of rotatable bonds is 8. The molecule has 0 saturated carbocycles. The largest absolute Gasteiger partial charge is 0.487 e. The maximum absolute atomic E-state index is 13.1. The Morgan fingerprint density at radius 2 is 2.03 bits per heavy atom. The Morgan fingerprint density at radius 1 is 1.31 bits per heavy atom. The van der Waals surface area contributed by atoms with Crippen LogP contribution in [0.5, 0.6) is 5.75 Å². The molecule has 0 aliphatic carbocycles. The van der Waals surface area contributed by atoms with E-state index in [0.29, 0.717) is 24.5 Å². The second-order valence-electron chi connectivity index (χ2n) is 9.77. The number of alkyl halides is 3. The van der Waals surface area contributed by atoms with Crippen LogP contribution >= 0.6 is 27.5 Å². The third-order valence-electron chi connectivity index (χ3n) is 6.48. The number of ether oxygens (including phenoxy) is 3. The van der Waals surface area contributed by atoms with Gasteiger partial charge >= 0.3 is 5.57 Å². The fourth-order valence-corrected chi connectivity index (χ4v) is 5.43. The van der Waals surface area contributed by atoms with E-state index in [2.05, 4.69) is 51.7 Å². The van der Waals surface area contributed by atoms with Gasteiger partial charge in [-0.2, -0.15) is 0 Å². The number of benzene rings is 2. The Balaban J connectivity index is 1.55. The first-order valence-electron chi connectivity index (χ1n) is 12.0. The zero-order valence-electron chi connectivity index (χ0n) is 20.5. The molecule has 0 bridgehead atoms. The molecule has 0 spiro atoms. The molecular formula is C26H30BrClF2N2O4. The summed E-state index contributed by atoms with van der Waals surface area (Å²) in [6, 6.07) is 9.54. The molecule has 1 amide bonds. The van der Waals surface area contributed by atoms with Crippen LogP contribution in [0.4, 0.5) is 20.2 Å². The SMILES string of the molecule is CC(C)N1CC(C)(COC2CCCCO2)c2cc(C(=O)Nc3ccc(OC(F)(F)Cl)cc3)cc(Br)c21. The van der Waals surface area contributed by atoms with Crippen molar-refractivity contribution >= 4 is 44.8 Å². The van der Waals surface area contributed by atoms with Crippen molar-refractivity contribution in [1.82, 2.24) is 0 Å². The zero-order valence-corrected chi connectivity index (χ0v) is 22.8. The molecule has 2 aliphatic heterocycles. The fourth-order valence-electron chi connectivity index (χ4n) is 4.65. The smallest absolute Gasteiger partial charge is 0.420 e. The van der Waals surface area contributed by atoms with Crippen molar-refractivity contribution in [2.45, 2.75) is 63.3 Å². The van der Waals surface area contributed by atoms with Crippen molar-refractivity contribution in [2.75, 3.05) is 30.0 Å². The van der Waals surface area contributed by atoms with Crippen LogP contribution in [0.25, 0.3) is 0 Å². The minimum atomic E-state index is -3.80. The summed E-state index contributed by atoms with van der Waals surface area (Å²) in [6.07, 6.45) is 2.83. The lowest BCUT2D eigenvalue weighted by Crippen LogP contribution is -2.39. The van der Waals surface area contributed by atoms with Gasteiger partial charge in [0.25, 0.3) is 5.91 Å². The summed E-state index contributed by atoms with van der Waals surface area (Å²) in [7, 11) is 0. The van der Waals surface area contributed by atoms with Gasteiger partial charge in [0.2, 0.25) is 0 Å². The number of carbonyl (C=O) groups is 1. The predicted octanol–water partition coefficient (Wildman–Crippen LogP) is 6.90. The molecule has 196 valence electrons. The second-order valence-corrected chi connectivity index (χ2v) is 11.1. The van der Waals surface area contributed by atoms with Crippen molar-refractivity contribution < 1.29 is 27.8 Å². The first kappa shape index (κ1) is 27.1. The van der Waals surface area contributed by atoms with Crippen LogP contribution in [-0.2, 0) is 14.9 Å². The summed E-state index contributed by atoms with van der Waals surface area (Å²) >= 11 is 8.49. The summed E-state index contributed by atoms with van der Waals surface area (Å²) in [5, 5.41) is 2.81. The Morgan fingerprint density at radius 3 is 2.64 bits per heavy atom. The van der Waals surface area contributed by atoms with Gasteiger partial charge in [0.1, 0.15) is 5.75 Å². The highest BCUT2D eigenvalue weighted by Gasteiger charge is 2.42. The average molecular weight is 588 g/mol. The van der Waals surface area contributed by atoms with E-state index < -0.39 is 5.57 Å². The molecule has 0 radical (unpaired) electrons. The third-order valence-corrected chi connectivity index (χ3v) is 7.16. The summed E-state index contributed by atoms with van der Waals surface area (Å²) in [5.74, 6) is -0.434. The molecule has 36 heavy (non-hydrogen) atoms. The van der Waals surface area contributed by atoms with Crippen molar-refractivity contribution in [3.05, 3.63) is 52.0 Å². The van der Waals surface area contributed by atoms with Gasteiger partial charge in [0.15, 0.2) is 6.29 Å². The van der Waals surface area contributed by atoms with E-state index in [9.17, 15) is 13.6 Å². The van der Waals surface area contributed by atoms with Crippen LogP contribution in [0.3, 0.4) is 0 Å². The van der Waals surface area contributed by atoms with Crippen molar-refractivity contribution in [1.29, 1.82) is 0 Å². The fraction of sp³-hybridized carbons (Fsp3) is 0.500. The number of nitrogens with zero attached hydrogens (tertiary/aromatic N) is 1. The summed E-state index contributed by atoms with van der Waals surface area (Å²) in [4.78, 5) is 15.5. The van der Waals surface area contributed by atoms with E-state index in [0.717, 1.165) is 41.5 Å². The lowest BCUT2D eigenvalue weighted by molar-refractivity contribution is -0.170. The maximum Gasteiger partial charge on any atom is 0.487 e. The molecule has 1 saturated heterocycles. The number of hydrogen-bond donors (Lipinski definition) is 1. The quantitative estimate of drug-likeness (QED) is 0.341. The van der Waals surface area contributed by atoms with Crippen LogP contribution < -0.4 is 15.0 Å². The monoisotopic (exact) mass is 586 g/mol. The van der Waals surface area contributed by atoms with E-state index in [1.165, 1.54) is 24.3 Å². The van der Waals surface area contributed by atoms with Crippen LogP contribution in [0.2, 0.25) is 0 Å². The first-order valence-corrected chi connectivity index (χ1v) is 13.1. The number of halogens is 4. The topological polar surface area (TPSA) is 60.0 Å². The number of carbonyl (C=O) groups excluding carboxylic acids is 1. The lowest BCUT2D eigenvalue weighted by Gasteiger charge is -2.31. The molecule has 1 fully saturated rings. The van der Waals surface area contributed by atoms with Gasteiger partial charge < -0.3 is 24.4 Å². The normalized spacial score (nSPS) is 22.0. The Hall–Kier alpha value is -1.94. The molecule has 0 aromatic heterocycles. The highest BCUT2D eigenvalue weighted by Crippen LogP contribution is 2.47. The van der Waals surface area contributed by atoms with Gasteiger partial charge in [-0.1, -0.05) is 6.92 Å². The summed E-state index contributed by atoms with van der Waals surface area (Å²) in [6.45, 7) is 8.37. The number of nitrogens with one attached hydrogen (secondary N) is 1. The predicted molar refractivity (Wildman–Crippen MR) is 139 cm³/mol. The molecule has 2 aromatic rings. The summed E-state index contributed by atoms with van der Waals surface area (Å²) < 4.78 is 42.8. The maximum atomic E-state index is 13.1. The van der Waals surface area contributed by atoms with E-state index in [4.69, 9.17) is 21.1 Å². The van der Waals surface area contributed by atoms with Gasteiger partial charge in [0.05, 0.1) is 12.3 Å². The molecular weight excluding hydrogens is 558 g/mol. The van der Waals surface area contributed by atoms with Crippen LogP contribution in [-0.4, -0.2) is 43.6 Å². The van der Waals surface area contributed by atoms with Gasteiger partial charge in [-0.15, -0.1) is 8.78 Å². The number of amides is 1. The number of hydrogen-bond acceptors (Lipinski definition) is 5. The van der Waals surface area contributed by atoms with Crippen LogP contribution in [0, 0.1) is 0 Å². The van der Waals surface area contributed by atoms with Gasteiger partial charge in [-0.3, -0.25) is 4.79 Å². The van der Waals surface area contributed by atoms with E-state index >= 15 is 0 Å². The van der Waals surface area contributed by atoms with Gasteiger partial charge in [-0.05, 0) is 91.0 Å².